The number of carbonyl (C=O) groups excluding carboxylic acids is 1. The van der Waals surface area contributed by atoms with Crippen LogP contribution in [0.4, 0.5) is 0 Å². The van der Waals surface area contributed by atoms with Crippen molar-refractivity contribution in [3.63, 3.8) is 0 Å². The highest BCUT2D eigenvalue weighted by molar-refractivity contribution is 14.1. The van der Waals surface area contributed by atoms with E-state index in [1.165, 1.54) is 0 Å². The molecule has 2 nitrogen and oxygen atoms in total. The summed E-state index contributed by atoms with van der Waals surface area (Å²) in [6, 6.07) is 13.5. The van der Waals surface area contributed by atoms with Gasteiger partial charge in [0.05, 0.1) is 5.56 Å². The number of benzene rings is 2. The monoisotopic (exact) mass is 413 g/mol. The average molecular weight is 414 g/mol. The first-order chi connectivity index (χ1) is 10.0. The molecule has 21 heavy (non-hydrogen) atoms. The largest absolute Gasteiger partial charge is 0.335 e. The summed E-state index contributed by atoms with van der Waals surface area (Å²) in [6.45, 7) is 5.17. The van der Waals surface area contributed by atoms with Crippen LogP contribution >= 0.6 is 34.2 Å². The first-order valence-corrected chi connectivity index (χ1v) is 8.28. The molecule has 0 radical (unpaired) electrons. The molecule has 0 aromatic heterocycles. The first-order valence-electron chi connectivity index (χ1n) is 6.82. The van der Waals surface area contributed by atoms with E-state index in [1.807, 2.05) is 61.2 Å². The van der Waals surface area contributed by atoms with Crippen molar-refractivity contribution >= 4 is 40.1 Å². The molecule has 1 amide bonds. The van der Waals surface area contributed by atoms with Gasteiger partial charge in [-0.2, -0.15) is 0 Å². The SMILES string of the molecule is CCN(Cc1ccccc1Cl)C(=O)c1cccc(C)c1I. The van der Waals surface area contributed by atoms with Gasteiger partial charge in [0, 0.05) is 21.7 Å². The minimum atomic E-state index is 0.0468. The zero-order valence-corrected chi connectivity index (χ0v) is 15.0. The Balaban J connectivity index is 2.27. The van der Waals surface area contributed by atoms with E-state index in [0.29, 0.717) is 18.1 Å². The summed E-state index contributed by atoms with van der Waals surface area (Å²) >= 11 is 8.43. The van der Waals surface area contributed by atoms with Gasteiger partial charge in [-0.05, 0) is 59.7 Å². The predicted octanol–water partition coefficient (Wildman–Crippen LogP) is 4.92. The van der Waals surface area contributed by atoms with Crippen LogP contribution in [0.15, 0.2) is 42.5 Å². The minimum absolute atomic E-state index is 0.0468. The summed E-state index contributed by atoms with van der Waals surface area (Å²) < 4.78 is 1.01. The van der Waals surface area contributed by atoms with Crippen LogP contribution in [-0.2, 0) is 6.54 Å². The number of hydrogen-bond donors (Lipinski definition) is 0. The molecule has 2 aromatic rings. The average Bonchev–Trinajstić information content (AvgIpc) is 2.48. The molecule has 2 aromatic carbocycles. The third kappa shape index (κ3) is 3.77. The van der Waals surface area contributed by atoms with Crippen molar-refractivity contribution in [2.24, 2.45) is 0 Å². The van der Waals surface area contributed by atoms with Crippen molar-refractivity contribution in [3.05, 3.63) is 67.7 Å². The van der Waals surface area contributed by atoms with E-state index in [4.69, 9.17) is 11.6 Å². The first kappa shape index (κ1) is 16.3. The van der Waals surface area contributed by atoms with Crippen LogP contribution in [0.2, 0.25) is 5.02 Å². The van der Waals surface area contributed by atoms with E-state index in [0.717, 1.165) is 20.3 Å². The Labute approximate surface area is 144 Å². The van der Waals surface area contributed by atoms with Crippen molar-refractivity contribution in [1.29, 1.82) is 0 Å². The van der Waals surface area contributed by atoms with Gasteiger partial charge in [-0.25, -0.2) is 0 Å². The van der Waals surface area contributed by atoms with E-state index in [-0.39, 0.29) is 5.91 Å². The maximum Gasteiger partial charge on any atom is 0.255 e. The Bertz CT molecular complexity index is 657. The van der Waals surface area contributed by atoms with Gasteiger partial charge in [0.15, 0.2) is 0 Å². The predicted molar refractivity (Wildman–Crippen MR) is 95.8 cm³/mol. The molecule has 0 bridgehead atoms. The van der Waals surface area contributed by atoms with Crippen molar-refractivity contribution < 1.29 is 4.79 Å². The molecule has 0 aliphatic carbocycles. The second kappa shape index (κ2) is 7.27. The molecule has 4 heteroatoms. The zero-order valence-electron chi connectivity index (χ0n) is 12.1. The van der Waals surface area contributed by atoms with Crippen LogP contribution < -0.4 is 0 Å². The lowest BCUT2D eigenvalue weighted by Crippen LogP contribution is -2.31. The third-order valence-electron chi connectivity index (χ3n) is 3.41. The maximum atomic E-state index is 12.7. The molecule has 0 N–H and O–H groups in total. The fraction of sp³-hybridized carbons (Fsp3) is 0.235. The Morgan fingerprint density at radius 1 is 1.19 bits per heavy atom. The van der Waals surface area contributed by atoms with Gasteiger partial charge in [0.25, 0.3) is 5.91 Å². The van der Waals surface area contributed by atoms with Crippen LogP contribution in [0.5, 0.6) is 0 Å². The van der Waals surface area contributed by atoms with Gasteiger partial charge in [0.2, 0.25) is 0 Å². The van der Waals surface area contributed by atoms with Crippen molar-refractivity contribution in [3.8, 4) is 0 Å². The third-order valence-corrected chi connectivity index (χ3v) is 5.21. The normalized spacial score (nSPS) is 10.5. The lowest BCUT2D eigenvalue weighted by Gasteiger charge is -2.22. The van der Waals surface area contributed by atoms with E-state index < -0.39 is 0 Å². The van der Waals surface area contributed by atoms with Crippen molar-refractivity contribution in [2.45, 2.75) is 20.4 Å². The van der Waals surface area contributed by atoms with Crippen LogP contribution in [0.25, 0.3) is 0 Å². The Hall–Kier alpha value is -1.07. The summed E-state index contributed by atoms with van der Waals surface area (Å²) in [5.74, 6) is 0.0468. The number of rotatable bonds is 4. The van der Waals surface area contributed by atoms with Crippen LogP contribution in [0, 0.1) is 10.5 Å². The Morgan fingerprint density at radius 3 is 2.57 bits per heavy atom. The second-order valence-corrected chi connectivity index (χ2v) is 6.33. The molecule has 0 fully saturated rings. The van der Waals surface area contributed by atoms with Gasteiger partial charge in [0.1, 0.15) is 0 Å². The smallest absolute Gasteiger partial charge is 0.255 e. The topological polar surface area (TPSA) is 20.3 Å². The minimum Gasteiger partial charge on any atom is -0.335 e. The van der Waals surface area contributed by atoms with E-state index >= 15 is 0 Å². The highest BCUT2D eigenvalue weighted by atomic mass is 127. The Kier molecular flexibility index (Phi) is 5.65. The van der Waals surface area contributed by atoms with Gasteiger partial charge >= 0.3 is 0 Å². The van der Waals surface area contributed by atoms with E-state index in [2.05, 4.69) is 22.6 Å². The highest BCUT2D eigenvalue weighted by Gasteiger charge is 2.18. The summed E-state index contributed by atoms with van der Waals surface area (Å²) in [5, 5.41) is 0.697. The molecule has 110 valence electrons. The van der Waals surface area contributed by atoms with Crippen molar-refractivity contribution in [1.82, 2.24) is 4.90 Å². The van der Waals surface area contributed by atoms with Crippen LogP contribution in [0.3, 0.4) is 0 Å². The van der Waals surface area contributed by atoms with Crippen LogP contribution in [-0.4, -0.2) is 17.4 Å². The standard InChI is InChI=1S/C17H17ClINO/c1-3-20(11-13-8-4-5-10-15(13)18)17(21)14-9-6-7-12(2)16(14)19/h4-10H,3,11H2,1-2H3. The number of halogens is 2. The molecule has 0 unspecified atom stereocenters. The number of hydrogen-bond acceptors (Lipinski definition) is 1. The fourth-order valence-electron chi connectivity index (χ4n) is 2.14. The molecule has 0 heterocycles. The number of carbonyl (C=O) groups is 1. The molecule has 0 saturated heterocycles. The number of nitrogens with zero attached hydrogens (tertiary/aromatic N) is 1. The molecule has 0 aliphatic heterocycles. The quantitative estimate of drug-likeness (QED) is 0.652. The summed E-state index contributed by atoms with van der Waals surface area (Å²) in [4.78, 5) is 14.6. The van der Waals surface area contributed by atoms with Gasteiger partial charge in [-0.1, -0.05) is 41.9 Å². The summed E-state index contributed by atoms with van der Waals surface area (Å²) in [6.07, 6.45) is 0. The molecule has 0 saturated carbocycles. The molecular weight excluding hydrogens is 397 g/mol. The lowest BCUT2D eigenvalue weighted by atomic mass is 10.1. The number of amides is 1. The van der Waals surface area contributed by atoms with Gasteiger partial charge < -0.3 is 4.90 Å². The molecule has 0 spiro atoms. The van der Waals surface area contributed by atoms with Gasteiger partial charge in [-0.15, -0.1) is 0 Å². The fourth-order valence-corrected chi connectivity index (χ4v) is 2.93. The highest BCUT2D eigenvalue weighted by Crippen LogP contribution is 2.21. The van der Waals surface area contributed by atoms with Gasteiger partial charge in [-0.3, -0.25) is 4.79 Å². The molecule has 0 aliphatic rings. The molecule has 2 rings (SSSR count). The lowest BCUT2D eigenvalue weighted by molar-refractivity contribution is 0.0751. The second-order valence-electron chi connectivity index (χ2n) is 4.85. The maximum absolute atomic E-state index is 12.7. The summed E-state index contributed by atoms with van der Waals surface area (Å²) in [5.41, 5.74) is 2.84. The molecule has 0 atom stereocenters. The summed E-state index contributed by atoms with van der Waals surface area (Å²) in [7, 11) is 0. The number of aryl methyl sites for hydroxylation is 1. The zero-order chi connectivity index (χ0) is 15.4. The van der Waals surface area contributed by atoms with Crippen LogP contribution in [0.1, 0.15) is 28.4 Å². The Morgan fingerprint density at radius 2 is 1.90 bits per heavy atom. The van der Waals surface area contributed by atoms with Crippen molar-refractivity contribution in [2.75, 3.05) is 6.54 Å². The molecular formula is C17H17ClINO. The van der Waals surface area contributed by atoms with E-state index in [1.54, 1.807) is 0 Å². The van der Waals surface area contributed by atoms with E-state index in [9.17, 15) is 4.79 Å².